The van der Waals surface area contributed by atoms with E-state index in [1.165, 1.54) is 12.1 Å². The Labute approximate surface area is 98.3 Å². The van der Waals surface area contributed by atoms with Crippen molar-refractivity contribution >= 4 is 11.6 Å². The lowest BCUT2D eigenvalue weighted by Gasteiger charge is -2.23. The Kier molecular flexibility index (Phi) is 2.88. The van der Waals surface area contributed by atoms with Crippen molar-refractivity contribution in [2.24, 2.45) is 0 Å². The molecule has 1 aromatic rings. The van der Waals surface area contributed by atoms with E-state index >= 15 is 0 Å². The minimum atomic E-state index is -1.12. The Bertz CT molecular complexity index is 461. The van der Waals surface area contributed by atoms with Crippen LogP contribution >= 0.6 is 11.6 Å². The molecule has 0 aromatic heterocycles. The lowest BCUT2D eigenvalue weighted by atomic mass is 9.90. The fourth-order valence-electron chi connectivity index (χ4n) is 2.24. The minimum absolute atomic E-state index is 0.0883. The number of rotatable bonds is 1. The van der Waals surface area contributed by atoms with Gasteiger partial charge in [-0.15, -0.1) is 0 Å². The van der Waals surface area contributed by atoms with E-state index in [2.05, 4.69) is 0 Å². The number of halogens is 2. The summed E-state index contributed by atoms with van der Waals surface area (Å²) in [6.07, 6.45) is 2.83. The summed E-state index contributed by atoms with van der Waals surface area (Å²) < 4.78 is 14.0. The molecule has 2 rings (SSSR count). The molecule has 84 valence electrons. The molecule has 16 heavy (non-hydrogen) atoms. The van der Waals surface area contributed by atoms with E-state index in [-0.39, 0.29) is 16.1 Å². The zero-order valence-corrected chi connectivity index (χ0v) is 9.39. The van der Waals surface area contributed by atoms with Gasteiger partial charge in [-0.3, -0.25) is 0 Å². The van der Waals surface area contributed by atoms with Gasteiger partial charge in [-0.2, -0.15) is 5.26 Å². The van der Waals surface area contributed by atoms with Crippen molar-refractivity contribution in [1.29, 1.82) is 5.26 Å². The average molecular weight is 240 g/mol. The molecule has 1 fully saturated rings. The lowest BCUT2D eigenvalue weighted by Crippen LogP contribution is -2.23. The van der Waals surface area contributed by atoms with E-state index < -0.39 is 11.4 Å². The van der Waals surface area contributed by atoms with Gasteiger partial charge in [-0.05, 0) is 18.9 Å². The van der Waals surface area contributed by atoms with E-state index in [1.807, 2.05) is 0 Å². The maximum atomic E-state index is 14.0. The second-order valence-corrected chi connectivity index (χ2v) is 4.54. The van der Waals surface area contributed by atoms with E-state index in [9.17, 15) is 9.50 Å². The minimum Gasteiger partial charge on any atom is -0.385 e. The number of hydrogen-bond acceptors (Lipinski definition) is 2. The first-order valence-corrected chi connectivity index (χ1v) is 5.57. The van der Waals surface area contributed by atoms with Crippen molar-refractivity contribution in [1.82, 2.24) is 0 Å². The molecule has 1 aliphatic carbocycles. The highest BCUT2D eigenvalue weighted by Crippen LogP contribution is 2.40. The van der Waals surface area contributed by atoms with E-state index in [1.54, 1.807) is 6.07 Å². The third kappa shape index (κ3) is 1.68. The van der Waals surface area contributed by atoms with Crippen molar-refractivity contribution in [3.8, 4) is 6.07 Å². The van der Waals surface area contributed by atoms with Gasteiger partial charge in [0.1, 0.15) is 17.4 Å². The maximum Gasteiger partial charge on any atom is 0.148 e. The Balaban J connectivity index is 2.55. The second kappa shape index (κ2) is 4.04. The van der Waals surface area contributed by atoms with E-state index in [4.69, 9.17) is 16.9 Å². The molecule has 1 aromatic carbocycles. The van der Waals surface area contributed by atoms with Crippen LogP contribution in [0.25, 0.3) is 0 Å². The van der Waals surface area contributed by atoms with Gasteiger partial charge < -0.3 is 5.11 Å². The largest absolute Gasteiger partial charge is 0.385 e. The summed E-state index contributed by atoms with van der Waals surface area (Å²) in [7, 11) is 0. The zero-order chi connectivity index (χ0) is 11.8. The van der Waals surface area contributed by atoms with Crippen LogP contribution in [0.2, 0.25) is 5.02 Å². The molecule has 2 nitrogen and oxygen atoms in total. The summed E-state index contributed by atoms with van der Waals surface area (Å²) in [6, 6.07) is 4.67. The monoisotopic (exact) mass is 239 g/mol. The molecule has 1 N–H and O–H groups in total. The standard InChI is InChI=1S/C12H11ClFNO/c13-10-4-3-9(11(14)8(10)7-15)12(16)5-1-2-6-12/h3-4,16H,1-2,5-6H2. The predicted molar refractivity (Wildman–Crippen MR) is 58.5 cm³/mol. The molecular weight excluding hydrogens is 229 g/mol. The third-order valence-electron chi connectivity index (χ3n) is 3.13. The summed E-state index contributed by atoms with van der Waals surface area (Å²) in [5.74, 6) is -0.681. The van der Waals surface area contributed by atoms with Gasteiger partial charge in [0.15, 0.2) is 0 Å². The second-order valence-electron chi connectivity index (χ2n) is 4.13. The third-order valence-corrected chi connectivity index (χ3v) is 3.45. The van der Waals surface area contributed by atoms with Crippen LogP contribution in [0.1, 0.15) is 36.8 Å². The maximum absolute atomic E-state index is 14.0. The van der Waals surface area contributed by atoms with Gasteiger partial charge in [0, 0.05) is 5.56 Å². The first kappa shape index (κ1) is 11.4. The summed E-state index contributed by atoms with van der Waals surface area (Å²) >= 11 is 5.71. The molecule has 0 bridgehead atoms. The molecule has 0 unspecified atom stereocenters. The molecule has 0 heterocycles. The van der Waals surface area contributed by atoms with Crippen LogP contribution < -0.4 is 0 Å². The Morgan fingerprint density at radius 2 is 2.00 bits per heavy atom. The first-order valence-electron chi connectivity index (χ1n) is 5.19. The quantitative estimate of drug-likeness (QED) is 0.818. The van der Waals surface area contributed by atoms with Gasteiger partial charge in [0.05, 0.1) is 10.6 Å². The van der Waals surface area contributed by atoms with Gasteiger partial charge >= 0.3 is 0 Å². The molecule has 1 aliphatic rings. The molecule has 0 atom stereocenters. The Morgan fingerprint density at radius 3 is 2.56 bits per heavy atom. The topological polar surface area (TPSA) is 44.0 Å². The fourth-order valence-corrected chi connectivity index (χ4v) is 2.43. The molecule has 0 saturated heterocycles. The van der Waals surface area contributed by atoms with Crippen molar-refractivity contribution in [3.63, 3.8) is 0 Å². The number of nitrogens with zero attached hydrogens (tertiary/aromatic N) is 1. The zero-order valence-electron chi connectivity index (χ0n) is 8.63. The molecule has 1 saturated carbocycles. The molecule has 0 amide bonds. The van der Waals surface area contributed by atoms with Gasteiger partial charge in [0.25, 0.3) is 0 Å². The Hall–Kier alpha value is -1.11. The number of benzene rings is 1. The van der Waals surface area contributed by atoms with E-state index in [0.29, 0.717) is 12.8 Å². The number of nitriles is 1. The lowest BCUT2D eigenvalue weighted by molar-refractivity contribution is 0.0407. The van der Waals surface area contributed by atoms with Gasteiger partial charge in [0.2, 0.25) is 0 Å². The normalized spacial score (nSPS) is 18.4. The van der Waals surface area contributed by atoms with Crippen molar-refractivity contribution in [2.75, 3.05) is 0 Å². The first-order chi connectivity index (χ1) is 7.58. The summed E-state index contributed by atoms with van der Waals surface area (Å²) in [5, 5.41) is 19.1. The number of hydrogen-bond donors (Lipinski definition) is 1. The van der Waals surface area contributed by atoms with Gasteiger partial charge in [-0.25, -0.2) is 4.39 Å². The Morgan fingerprint density at radius 1 is 1.38 bits per heavy atom. The van der Waals surface area contributed by atoms with Crippen molar-refractivity contribution in [3.05, 3.63) is 34.1 Å². The SMILES string of the molecule is N#Cc1c(Cl)ccc(C2(O)CCCC2)c1F. The average Bonchev–Trinajstić information content (AvgIpc) is 2.66. The van der Waals surface area contributed by atoms with Crippen LogP contribution in [0.15, 0.2) is 12.1 Å². The van der Waals surface area contributed by atoms with Crippen molar-refractivity contribution < 1.29 is 9.50 Å². The molecule has 0 spiro atoms. The van der Waals surface area contributed by atoms with Gasteiger partial charge in [-0.1, -0.05) is 30.5 Å². The van der Waals surface area contributed by atoms with Crippen LogP contribution in [0.3, 0.4) is 0 Å². The van der Waals surface area contributed by atoms with Crippen LogP contribution in [0, 0.1) is 17.1 Å². The van der Waals surface area contributed by atoms with Crippen molar-refractivity contribution in [2.45, 2.75) is 31.3 Å². The van der Waals surface area contributed by atoms with Crippen LogP contribution in [-0.4, -0.2) is 5.11 Å². The summed E-state index contributed by atoms with van der Waals surface area (Å²) in [4.78, 5) is 0. The highest BCUT2D eigenvalue weighted by Gasteiger charge is 2.36. The van der Waals surface area contributed by atoms with Crippen LogP contribution in [0.5, 0.6) is 0 Å². The molecule has 0 radical (unpaired) electrons. The summed E-state index contributed by atoms with van der Waals surface area (Å²) in [5.41, 5.74) is -1.11. The van der Waals surface area contributed by atoms with Crippen LogP contribution in [-0.2, 0) is 5.60 Å². The smallest absolute Gasteiger partial charge is 0.148 e. The van der Waals surface area contributed by atoms with E-state index in [0.717, 1.165) is 12.8 Å². The summed E-state index contributed by atoms with van der Waals surface area (Å²) in [6.45, 7) is 0. The highest BCUT2D eigenvalue weighted by molar-refractivity contribution is 6.31. The fraction of sp³-hybridized carbons (Fsp3) is 0.417. The molecule has 4 heteroatoms. The van der Waals surface area contributed by atoms with Crippen LogP contribution in [0.4, 0.5) is 4.39 Å². The molecule has 0 aliphatic heterocycles. The number of aliphatic hydroxyl groups is 1. The highest BCUT2D eigenvalue weighted by atomic mass is 35.5. The molecular formula is C12H11ClFNO. The predicted octanol–water partition coefficient (Wildman–Crippen LogP) is 3.11.